The van der Waals surface area contributed by atoms with Gasteiger partial charge < -0.3 is 11.1 Å². The fourth-order valence-electron chi connectivity index (χ4n) is 1.24. The number of nitriles is 1. The first-order valence-electron chi connectivity index (χ1n) is 4.94. The number of rotatable bonds is 5. The van der Waals surface area contributed by atoms with Crippen molar-refractivity contribution in [1.82, 2.24) is 4.72 Å². The van der Waals surface area contributed by atoms with E-state index in [2.05, 4.69) is 10.0 Å². The summed E-state index contributed by atoms with van der Waals surface area (Å²) in [6.45, 7) is 0.224. The highest BCUT2D eigenvalue weighted by atomic mass is 32.2. The average molecular weight is 254 g/mol. The van der Waals surface area contributed by atoms with E-state index in [0.29, 0.717) is 16.9 Å². The van der Waals surface area contributed by atoms with E-state index >= 15 is 0 Å². The Morgan fingerprint density at radius 2 is 2.18 bits per heavy atom. The third-order valence-electron chi connectivity index (χ3n) is 2.22. The van der Waals surface area contributed by atoms with Gasteiger partial charge in [0.1, 0.15) is 6.07 Å². The molecule has 0 aliphatic heterocycles. The fraction of sp³-hybridized carbons (Fsp3) is 0.300. The Balaban J connectivity index is 2.69. The molecule has 1 aromatic rings. The summed E-state index contributed by atoms with van der Waals surface area (Å²) in [7, 11) is -1.88. The van der Waals surface area contributed by atoms with E-state index in [-0.39, 0.29) is 12.3 Å². The van der Waals surface area contributed by atoms with Gasteiger partial charge in [0, 0.05) is 6.54 Å². The molecule has 0 spiro atoms. The lowest BCUT2D eigenvalue weighted by Crippen LogP contribution is -2.26. The maximum absolute atomic E-state index is 11.2. The normalized spacial score (nSPS) is 10.8. The number of nitrogen functional groups attached to an aromatic ring is 1. The predicted octanol–water partition coefficient (Wildman–Crippen LogP) is 0.102. The number of nitrogens with two attached hydrogens (primary N) is 1. The molecule has 0 amide bonds. The van der Waals surface area contributed by atoms with Crippen molar-refractivity contribution in [1.29, 1.82) is 5.26 Å². The Kier molecular flexibility index (Phi) is 4.31. The lowest BCUT2D eigenvalue weighted by atomic mass is 10.1. The van der Waals surface area contributed by atoms with Crippen molar-refractivity contribution in [3.8, 4) is 6.07 Å². The summed E-state index contributed by atoms with van der Waals surface area (Å²) in [4.78, 5) is 0. The van der Waals surface area contributed by atoms with E-state index < -0.39 is 10.0 Å². The summed E-state index contributed by atoms with van der Waals surface area (Å²) >= 11 is 0. The third-order valence-corrected chi connectivity index (χ3v) is 3.59. The van der Waals surface area contributed by atoms with Gasteiger partial charge in [-0.2, -0.15) is 5.26 Å². The summed E-state index contributed by atoms with van der Waals surface area (Å²) in [5, 5.41) is 11.7. The van der Waals surface area contributed by atoms with Crippen molar-refractivity contribution < 1.29 is 8.42 Å². The Morgan fingerprint density at radius 1 is 1.47 bits per heavy atom. The van der Waals surface area contributed by atoms with E-state index in [9.17, 15) is 8.42 Å². The maximum atomic E-state index is 11.2. The number of anilines is 2. The zero-order valence-electron chi connectivity index (χ0n) is 9.40. The van der Waals surface area contributed by atoms with Gasteiger partial charge in [0.15, 0.2) is 0 Å². The predicted molar refractivity (Wildman–Crippen MR) is 66.9 cm³/mol. The highest BCUT2D eigenvalue weighted by molar-refractivity contribution is 7.89. The molecule has 0 saturated carbocycles. The standard InChI is InChI=1S/C10H14N4O2S/c1-13-17(15,16)6-5-14-9-4-2-3-8(7-11)10(9)12/h2-4,13-14H,5-6,12H2,1H3. The summed E-state index contributed by atoms with van der Waals surface area (Å²) in [5.74, 6) is -0.0558. The van der Waals surface area contributed by atoms with E-state index in [0.717, 1.165) is 0 Å². The van der Waals surface area contributed by atoms with Gasteiger partial charge in [0.05, 0.1) is 22.7 Å². The molecule has 92 valence electrons. The van der Waals surface area contributed by atoms with Crippen LogP contribution in [0.3, 0.4) is 0 Å². The van der Waals surface area contributed by atoms with Gasteiger partial charge >= 0.3 is 0 Å². The van der Waals surface area contributed by atoms with Crippen molar-refractivity contribution in [2.75, 3.05) is 30.4 Å². The van der Waals surface area contributed by atoms with Gasteiger partial charge in [0.25, 0.3) is 0 Å². The van der Waals surface area contributed by atoms with Crippen molar-refractivity contribution in [2.24, 2.45) is 0 Å². The van der Waals surface area contributed by atoms with Crippen LogP contribution in [-0.2, 0) is 10.0 Å². The Labute approximate surface area is 100 Å². The molecular formula is C10H14N4O2S. The molecule has 0 bridgehead atoms. The minimum absolute atomic E-state index is 0.0558. The van der Waals surface area contributed by atoms with Gasteiger partial charge in [-0.05, 0) is 19.2 Å². The molecule has 0 fully saturated rings. The van der Waals surface area contributed by atoms with Gasteiger partial charge in [-0.1, -0.05) is 6.07 Å². The lowest BCUT2D eigenvalue weighted by Gasteiger charge is -2.10. The van der Waals surface area contributed by atoms with Crippen molar-refractivity contribution in [3.05, 3.63) is 23.8 Å². The van der Waals surface area contributed by atoms with E-state index in [1.54, 1.807) is 18.2 Å². The van der Waals surface area contributed by atoms with E-state index in [1.807, 2.05) is 6.07 Å². The number of nitrogens with zero attached hydrogens (tertiary/aromatic N) is 1. The zero-order chi connectivity index (χ0) is 12.9. The quantitative estimate of drug-likeness (QED) is 0.646. The van der Waals surface area contributed by atoms with Crippen LogP contribution in [-0.4, -0.2) is 27.8 Å². The second kappa shape index (κ2) is 5.52. The fourth-order valence-corrected chi connectivity index (χ4v) is 1.81. The van der Waals surface area contributed by atoms with Gasteiger partial charge in [-0.25, -0.2) is 13.1 Å². The number of para-hydroxylation sites is 1. The molecule has 1 aromatic carbocycles. The van der Waals surface area contributed by atoms with Crippen LogP contribution >= 0.6 is 0 Å². The van der Waals surface area contributed by atoms with Crippen molar-refractivity contribution in [3.63, 3.8) is 0 Å². The summed E-state index contributed by atoms with van der Waals surface area (Å²) in [6.07, 6.45) is 0. The Hall–Kier alpha value is -1.78. The van der Waals surface area contributed by atoms with Crippen LogP contribution in [0.15, 0.2) is 18.2 Å². The smallest absolute Gasteiger partial charge is 0.213 e. The van der Waals surface area contributed by atoms with Crippen LogP contribution in [0.5, 0.6) is 0 Å². The zero-order valence-corrected chi connectivity index (χ0v) is 10.2. The average Bonchev–Trinajstić information content (AvgIpc) is 2.31. The minimum Gasteiger partial charge on any atom is -0.396 e. The number of sulfonamides is 1. The van der Waals surface area contributed by atoms with Crippen LogP contribution < -0.4 is 15.8 Å². The molecule has 6 nitrogen and oxygen atoms in total. The van der Waals surface area contributed by atoms with Crippen LogP contribution in [0.25, 0.3) is 0 Å². The molecule has 0 unspecified atom stereocenters. The number of benzene rings is 1. The third kappa shape index (κ3) is 3.62. The first kappa shape index (κ1) is 13.3. The molecule has 0 aromatic heterocycles. The van der Waals surface area contributed by atoms with Crippen LogP contribution in [0.1, 0.15) is 5.56 Å². The SMILES string of the molecule is CNS(=O)(=O)CCNc1cccc(C#N)c1N. The minimum atomic E-state index is -3.24. The van der Waals surface area contributed by atoms with E-state index in [1.165, 1.54) is 7.05 Å². The maximum Gasteiger partial charge on any atom is 0.213 e. The number of hydrogen-bond acceptors (Lipinski definition) is 5. The first-order chi connectivity index (χ1) is 8.00. The van der Waals surface area contributed by atoms with Crippen molar-refractivity contribution in [2.45, 2.75) is 0 Å². The number of hydrogen-bond donors (Lipinski definition) is 3. The molecule has 1 rings (SSSR count). The monoisotopic (exact) mass is 254 g/mol. The summed E-state index contributed by atoms with van der Waals surface area (Å²) in [6, 6.07) is 6.94. The largest absolute Gasteiger partial charge is 0.396 e. The topological polar surface area (TPSA) is 108 Å². The Morgan fingerprint density at radius 3 is 2.76 bits per heavy atom. The first-order valence-corrected chi connectivity index (χ1v) is 6.59. The second-order valence-corrected chi connectivity index (χ2v) is 5.37. The van der Waals surface area contributed by atoms with E-state index in [4.69, 9.17) is 11.0 Å². The summed E-state index contributed by atoms with van der Waals surface area (Å²) in [5.41, 5.74) is 6.99. The molecule has 0 heterocycles. The molecule has 0 aliphatic carbocycles. The molecule has 0 aliphatic rings. The molecule has 4 N–H and O–H groups in total. The van der Waals surface area contributed by atoms with Crippen LogP contribution in [0, 0.1) is 11.3 Å². The van der Waals surface area contributed by atoms with Crippen LogP contribution in [0.4, 0.5) is 11.4 Å². The molecule has 7 heteroatoms. The molecule has 0 saturated heterocycles. The van der Waals surface area contributed by atoms with Gasteiger partial charge in [-0.3, -0.25) is 0 Å². The second-order valence-electron chi connectivity index (χ2n) is 3.33. The highest BCUT2D eigenvalue weighted by Gasteiger charge is 2.08. The lowest BCUT2D eigenvalue weighted by molar-refractivity contribution is 0.588. The van der Waals surface area contributed by atoms with Gasteiger partial charge in [-0.15, -0.1) is 0 Å². The molecular weight excluding hydrogens is 240 g/mol. The summed E-state index contributed by atoms with van der Waals surface area (Å²) < 4.78 is 24.5. The molecule has 0 radical (unpaired) electrons. The van der Waals surface area contributed by atoms with Gasteiger partial charge in [0.2, 0.25) is 10.0 Å². The molecule has 0 atom stereocenters. The van der Waals surface area contributed by atoms with Crippen LogP contribution in [0.2, 0.25) is 0 Å². The molecule has 17 heavy (non-hydrogen) atoms. The highest BCUT2D eigenvalue weighted by Crippen LogP contribution is 2.21. The Bertz CT molecular complexity index is 534. The number of nitrogens with one attached hydrogen (secondary N) is 2. The van der Waals surface area contributed by atoms with Crippen molar-refractivity contribution >= 4 is 21.4 Å².